The highest BCUT2D eigenvalue weighted by molar-refractivity contribution is 5.97. The van der Waals surface area contributed by atoms with Crippen molar-refractivity contribution in [3.05, 3.63) is 71.3 Å². The van der Waals surface area contributed by atoms with Gasteiger partial charge in [-0.1, -0.05) is 30.3 Å². The van der Waals surface area contributed by atoms with E-state index in [0.29, 0.717) is 31.4 Å². The molecular formula is C27H30N2O4. The Morgan fingerprint density at radius 1 is 1.15 bits per heavy atom. The molecule has 2 heterocycles. The summed E-state index contributed by atoms with van der Waals surface area (Å²) in [5.41, 5.74) is 1.93. The van der Waals surface area contributed by atoms with Crippen LogP contribution in [-0.2, 0) is 10.3 Å². The molecule has 6 heteroatoms. The number of benzene rings is 3. The summed E-state index contributed by atoms with van der Waals surface area (Å²) in [6.07, 6.45) is 1.15. The smallest absolute Gasteiger partial charge is 0.252 e. The first-order valence-electron chi connectivity index (χ1n) is 11.4. The Balaban J connectivity index is 1.42. The number of ether oxygens (including phenoxy) is 3. The van der Waals surface area contributed by atoms with Crippen LogP contribution in [0.5, 0.6) is 11.5 Å². The monoisotopic (exact) mass is 446 g/mol. The van der Waals surface area contributed by atoms with Gasteiger partial charge in [-0.3, -0.25) is 9.69 Å². The van der Waals surface area contributed by atoms with Crippen LogP contribution < -0.4 is 14.8 Å². The molecule has 2 saturated heterocycles. The second-order valence-electron chi connectivity index (χ2n) is 9.14. The lowest BCUT2D eigenvalue weighted by atomic mass is 9.84. The van der Waals surface area contributed by atoms with Crippen LogP contribution in [0.25, 0.3) is 10.8 Å². The zero-order valence-electron chi connectivity index (χ0n) is 19.4. The molecule has 172 valence electrons. The molecule has 2 aliphatic rings. The minimum absolute atomic E-state index is 0.131. The minimum atomic E-state index is -0.608. The van der Waals surface area contributed by atoms with Gasteiger partial charge in [-0.15, -0.1) is 0 Å². The molecule has 0 saturated carbocycles. The number of carbonyl (C=O) groups excluding carboxylic acids is 1. The average molecular weight is 447 g/mol. The van der Waals surface area contributed by atoms with Crippen molar-refractivity contribution in [1.29, 1.82) is 0 Å². The van der Waals surface area contributed by atoms with Crippen LogP contribution >= 0.6 is 0 Å². The molecular weight excluding hydrogens is 416 g/mol. The molecule has 2 fully saturated rings. The number of hydrogen-bond donors (Lipinski definition) is 1. The van der Waals surface area contributed by atoms with Crippen LogP contribution in [-0.4, -0.2) is 57.4 Å². The van der Waals surface area contributed by atoms with Gasteiger partial charge in [-0.05, 0) is 73.1 Å². The molecule has 2 aliphatic heterocycles. The quantitative estimate of drug-likeness (QED) is 0.597. The Labute approximate surface area is 194 Å². The number of nitrogens with one attached hydrogen (secondary N) is 1. The number of aryl methyl sites for hydroxylation is 1. The number of amides is 1. The SMILES string of the molecule is COc1cc(C2(NC(=O)c3cc(OC[C@@H]4CCN4C)ccc3C)COC2)c2ccccc2c1. The molecule has 0 unspecified atom stereocenters. The van der Waals surface area contributed by atoms with Gasteiger partial charge < -0.3 is 19.5 Å². The number of likely N-dealkylation sites (tertiary alicyclic amines) is 1. The van der Waals surface area contributed by atoms with E-state index in [4.69, 9.17) is 14.2 Å². The van der Waals surface area contributed by atoms with Crippen LogP contribution in [0.4, 0.5) is 0 Å². The Morgan fingerprint density at radius 2 is 1.97 bits per heavy atom. The van der Waals surface area contributed by atoms with Crippen LogP contribution in [0.15, 0.2) is 54.6 Å². The maximum atomic E-state index is 13.5. The molecule has 0 radical (unpaired) electrons. The van der Waals surface area contributed by atoms with Crippen LogP contribution in [0.3, 0.4) is 0 Å². The minimum Gasteiger partial charge on any atom is -0.497 e. The van der Waals surface area contributed by atoms with E-state index in [2.05, 4.69) is 29.4 Å². The Kier molecular flexibility index (Phi) is 5.72. The lowest BCUT2D eigenvalue weighted by Gasteiger charge is -2.43. The van der Waals surface area contributed by atoms with E-state index in [9.17, 15) is 4.79 Å². The lowest BCUT2D eigenvalue weighted by molar-refractivity contribution is -0.0727. The first kappa shape index (κ1) is 21.7. The summed E-state index contributed by atoms with van der Waals surface area (Å²) < 4.78 is 17.2. The van der Waals surface area contributed by atoms with Gasteiger partial charge >= 0.3 is 0 Å². The zero-order chi connectivity index (χ0) is 23.0. The molecule has 6 nitrogen and oxygen atoms in total. The number of hydrogen-bond acceptors (Lipinski definition) is 5. The predicted molar refractivity (Wildman–Crippen MR) is 128 cm³/mol. The topological polar surface area (TPSA) is 60.0 Å². The normalized spacial score (nSPS) is 19.4. The van der Waals surface area contributed by atoms with Crippen molar-refractivity contribution < 1.29 is 19.0 Å². The molecule has 0 bridgehead atoms. The maximum absolute atomic E-state index is 13.5. The van der Waals surface area contributed by atoms with Crippen molar-refractivity contribution in [3.63, 3.8) is 0 Å². The van der Waals surface area contributed by atoms with Crippen molar-refractivity contribution in [2.24, 2.45) is 0 Å². The third-order valence-electron chi connectivity index (χ3n) is 6.97. The van der Waals surface area contributed by atoms with Gasteiger partial charge in [0.25, 0.3) is 5.91 Å². The maximum Gasteiger partial charge on any atom is 0.252 e. The molecule has 3 aromatic rings. The third-order valence-corrected chi connectivity index (χ3v) is 6.97. The fourth-order valence-electron chi connectivity index (χ4n) is 4.59. The van der Waals surface area contributed by atoms with E-state index in [1.807, 2.05) is 49.4 Å². The van der Waals surface area contributed by atoms with Crippen LogP contribution in [0, 0.1) is 6.92 Å². The summed E-state index contributed by atoms with van der Waals surface area (Å²) in [6, 6.07) is 18.3. The summed E-state index contributed by atoms with van der Waals surface area (Å²) in [5.74, 6) is 1.35. The van der Waals surface area contributed by atoms with Gasteiger partial charge in [0.15, 0.2) is 0 Å². The second kappa shape index (κ2) is 8.69. The first-order chi connectivity index (χ1) is 16.0. The predicted octanol–water partition coefficient (Wildman–Crippen LogP) is 3.90. The van der Waals surface area contributed by atoms with Gasteiger partial charge in [-0.2, -0.15) is 0 Å². The highest BCUT2D eigenvalue weighted by Gasteiger charge is 2.43. The van der Waals surface area contributed by atoms with E-state index >= 15 is 0 Å². The molecule has 0 aliphatic carbocycles. The molecule has 5 rings (SSSR count). The van der Waals surface area contributed by atoms with Gasteiger partial charge in [0.1, 0.15) is 23.6 Å². The fraction of sp³-hybridized carbons (Fsp3) is 0.370. The molecule has 1 atom stereocenters. The summed E-state index contributed by atoms with van der Waals surface area (Å²) in [4.78, 5) is 15.8. The van der Waals surface area contributed by atoms with Crippen molar-refractivity contribution in [1.82, 2.24) is 10.2 Å². The van der Waals surface area contributed by atoms with Crippen molar-refractivity contribution in [3.8, 4) is 11.5 Å². The number of carbonyl (C=O) groups is 1. The molecule has 0 aromatic heterocycles. The van der Waals surface area contributed by atoms with Crippen molar-refractivity contribution in [2.45, 2.75) is 24.9 Å². The lowest BCUT2D eigenvalue weighted by Crippen LogP contribution is -2.59. The van der Waals surface area contributed by atoms with Gasteiger partial charge in [-0.25, -0.2) is 0 Å². The Bertz CT molecular complexity index is 1190. The number of rotatable bonds is 7. The Hall–Kier alpha value is -3.09. The summed E-state index contributed by atoms with van der Waals surface area (Å²) in [5, 5.41) is 5.44. The number of nitrogens with zero attached hydrogens (tertiary/aromatic N) is 1. The Morgan fingerprint density at radius 3 is 2.64 bits per heavy atom. The highest BCUT2D eigenvalue weighted by atomic mass is 16.5. The summed E-state index contributed by atoms with van der Waals surface area (Å²) in [6.45, 7) is 4.52. The van der Waals surface area contributed by atoms with Gasteiger partial charge in [0.2, 0.25) is 0 Å². The largest absolute Gasteiger partial charge is 0.497 e. The second-order valence-corrected chi connectivity index (χ2v) is 9.14. The molecule has 3 aromatic carbocycles. The highest BCUT2D eigenvalue weighted by Crippen LogP contribution is 2.38. The van der Waals surface area contributed by atoms with Gasteiger partial charge in [0.05, 0.1) is 20.3 Å². The van der Waals surface area contributed by atoms with Crippen LogP contribution in [0.2, 0.25) is 0 Å². The number of fused-ring (bicyclic) bond motifs is 1. The van der Waals surface area contributed by atoms with Gasteiger partial charge in [0, 0.05) is 11.6 Å². The zero-order valence-corrected chi connectivity index (χ0v) is 19.4. The molecule has 1 amide bonds. The number of likely N-dealkylation sites (N-methyl/N-ethyl adjacent to an activating group) is 1. The van der Waals surface area contributed by atoms with E-state index in [-0.39, 0.29) is 5.91 Å². The van der Waals surface area contributed by atoms with Crippen molar-refractivity contribution in [2.75, 3.05) is 40.5 Å². The van der Waals surface area contributed by atoms with Crippen LogP contribution in [0.1, 0.15) is 27.9 Å². The first-order valence-corrected chi connectivity index (χ1v) is 11.4. The fourth-order valence-corrected chi connectivity index (χ4v) is 4.59. The molecule has 1 N–H and O–H groups in total. The van der Waals surface area contributed by atoms with E-state index < -0.39 is 5.54 Å². The summed E-state index contributed by atoms with van der Waals surface area (Å²) >= 11 is 0. The molecule has 0 spiro atoms. The third kappa shape index (κ3) is 4.05. The standard InChI is InChI=1S/C27H30N2O4/c1-18-8-9-21(33-15-20-10-11-29(20)2)13-24(18)26(30)28-27(16-32-17-27)25-14-22(31-3)12-19-6-4-5-7-23(19)25/h4-9,12-14,20H,10-11,15-17H2,1-3H3,(H,28,30)/t20-/m0/s1. The van der Waals surface area contributed by atoms with Crippen molar-refractivity contribution >= 4 is 16.7 Å². The summed E-state index contributed by atoms with van der Waals surface area (Å²) in [7, 11) is 3.76. The van der Waals surface area contributed by atoms with E-state index in [0.717, 1.165) is 46.4 Å². The molecule has 33 heavy (non-hydrogen) atoms. The van der Waals surface area contributed by atoms with E-state index in [1.165, 1.54) is 0 Å². The average Bonchev–Trinajstić information content (AvgIpc) is 2.80. The number of methoxy groups -OCH3 is 1. The van der Waals surface area contributed by atoms with E-state index in [1.54, 1.807) is 7.11 Å².